The third-order valence-electron chi connectivity index (χ3n) is 2.64. The number of aromatic nitrogens is 1. The average molecular weight is 363 g/mol. The molecule has 0 aliphatic carbocycles. The van der Waals surface area contributed by atoms with Crippen molar-refractivity contribution in [3.8, 4) is 0 Å². The predicted octanol–water partition coefficient (Wildman–Crippen LogP) is 1.59. The van der Waals surface area contributed by atoms with Crippen molar-refractivity contribution < 1.29 is 21.4 Å². The van der Waals surface area contributed by atoms with Crippen molar-refractivity contribution in [2.24, 2.45) is 0 Å². The SMILES string of the molecule is CC(Nc1ccc(S(=O)(=O)Nc2nccs2)cc1)S(=O)(=O)O. The molecule has 0 saturated carbocycles. The predicted molar refractivity (Wildman–Crippen MR) is 84.0 cm³/mol. The van der Waals surface area contributed by atoms with Gasteiger partial charge in [-0.25, -0.2) is 13.4 Å². The molecule has 3 N–H and O–H groups in total. The number of nitrogens with one attached hydrogen (secondary N) is 2. The van der Waals surface area contributed by atoms with Crippen molar-refractivity contribution in [1.29, 1.82) is 0 Å². The molecular weight excluding hydrogens is 350 g/mol. The standard InChI is InChI=1S/C11H13N3O5S3/c1-8(22(17,18)19)13-9-2-4-10(5-3-9)21(15,16)14-11-12-6-7-20-11/h2-8,13H,1H3,(H,12,14)(H,17,18,19). The highest BCUT2D eigenvalue weighted by Crippen LogP contribution is 2.20. The van der Waals surface area contributed by atoms with E-state index in [0.29, 0.717) is 5.69 Å². The molecule has 0 radical (unpaired) electrons. The molecule has 1 atom stereocenters. The van der Waals surface area contributed by atoms with Crippen LogP contribution < -0.4 is 10.0 Å². The van der Waals surface area contributed by atoms with E-state index < -0.39 is 25.5 Å². The number of rotatable bonds is 6. The maximum absolute atomic E-state index is 12.1. The van der Waals surface area contributed by atoms with E-state index in [1.54, 1.807) is 5.38 Å². The molecule has 1 heterocycles. The summed E-state index contributed by atoms with van der Waals surface area (Å²) in [6.07, 6.45) is 1.48. The summed E-state index contributed by atoms with van der Waals surface area (Å²) in [5.41, 5.74) is 0.360. The van der Waals surface area contributed by atoms with Crippen LogP contribution in [0.25, 0.3) is 0 Å². The Morgan fingerprint density at radius 2 is 1.82 bits per heavy atom. The van der Waals surface area contributed by atoms with Gasteiger partial charge in [0.15, 0.2) is 10.5 Å². The first-order valence-electron chi connectivity index (χ1n) is 5.94. The molecule has 0 amide bonds. The maximum atomic E-state index is 12.1. The van der Waals surface area contributed by atoms with E-state index in [1.165, 1.54) is 37.4 Å². The normalized spacial score (nSPS) is 13.5. The molecule has 0 fully saturated rings. The molecule has 11 heteroatoms. The zero-order chi connectivity index (χ0) is 16.4. The van der Waals surface area contributed by atoms with Gasteiger partial charge in [0.2, 0.25) is 0 Å². The number of benzene rings is 1. The van der Waals surface area contributed by atoms with Gasteiger partial charge in [-0.2, -0.15) is 8.42 Å². The number of thiazole rings is 1. The van der Waals surface area contributed by atoms with E-state index in [2.05, 4.69) is 15.0 Å². The second-order valence-corrected chi connectivity index (χ2v) is 8.58. The molecule has 0 aliphatic heterocycles. The number of sulfonamides is 1. The molecule has 120 valence electrons. The molecule has 2 aromatic rings. The second-order valence-electron chi connectivity index (χ2n) is 4.27. The molecule has 2 rings (SSSR count). The lowest BCUT2D eigenvalue weighted by Crippen LogP contribution is -2.25. The Bertz CT molecular complexity index is 830. The molecule has 22 heavy (non-hydrogen) atoms. The topological polar surface area (TPSA) is 125 Å². The number of nitrogens with zero attached hydrogens (tertiary/aromatic N) is 1. The molecule has 8 nitrogen and oxygen atoms in total. The third-order valence-corrected chi connectivity index (χ3v) is 5.82. The number of hydrogen-bond acceptors (Lipinski definition) is 7. The minimum Gasteiger partial charge on any atom is -0.367 e. The van der Waals surface area contributed by atoms with Crippen molar-refractivity contribution >= 4 is 42.3 Å². The van der Waals surface area contributed by atoms with Gasteiger partial charge in [0.1, 0.15) is 0 Å². The van der Waals surface area contributed by atoms with Gasteiger partial charge in [-0.05, 0) is 31.2 Å². The van der Waals surface area contributed by atoms with Crippen molar-refractivity contribution in [2.45, 2.75) is 17.2 Å². The summed E-state index contributed by atoms with van der Waals surface area (Å²) in [5, 5.41) is 3.23. The second kappa shape index (κ2) is 6.20. The minimum atomic E-state index is -4.22. The van der Waals surface area contributed by atoms with Crippen molar-refractivity contribution in [2.75, 3.05) is 10.0 Å². The monoisotopic (exact) mass is 363 g/mol. The smallest absolute Gasteiger partial charge is 0.285 e. The van der Waals surface area contributed by atoms with E-state index in [4.69, 9.17) is 4.55 Å². The van der Waals surface area contributed by atoms with Crippen LogP contribution in [0.5, 0.6) is 0 Å². The summed E-state index contributed by atoms with van der Waals surface area (Å²) in [6.45, 7) is 1.27. The highest BCUT2D eigenvalue weighted by atomic mass is 32.2. The van der Waals surface area contributed by atoms with Gasteiger partial charge in [-0.15, -0.1) is 11.3 Å². The lowest BCUT2D eigenvalue weighted by molar-refractivity contribution is 0.475. The Labute approximate surface area is 132 Å². The van der Waals surface area contributed by atoms with E-state index in [-0.39, 0.29) is 10.0 Å². The fourth-order valence-corrected chi connectivity index (χ4v) is 3.56. The lowest BCUT2D eigenvalue weighted by Gasteiger charge is -2.12. The summed E-state index contributed by atoms with van der Waals surface area (Å²) in [4.78, 5) is 3.84. The molecule has 0 aliphatic rings. The summed E-state index contributed by atoms with van der Waals surface area (Å²) in [7, 11) is -7.98. The van der Waals surface area contributed by atoms with Crippen molar-refractivity contribution in [1.82, 2.24) is 4.98 Å². The quantitative estimate of drug-likeness (QED) is 0.665. The average Bonchev–Trinajstić information content (AvgIpc) is 2.90. The third kappa shape index (κ3) is 4.16. The van der Waals surface area contributed by atoms with Crippen LogP contribution in [0.1, 0.15) is 6.92 Å². The van der Waals surface area contributed by atoms with Gasteiger partial charge in [0, 0.05) is 17.3 Å². The van der Waals surface area contributed by atoms with E-state index in [9.17, 15) is 16.8 Å². The molecule has 0 spiro atoms. The van der Waals surface area contributed by atoms with Gasteiger partial charge in [-0.1, -0.05) is 0 Å². The Kier molecular flexibility index (Phi) is 4.70. The highest BCUT2D eigenvalue weighted by Gasteiger charge is 2.18. The zero-order valence-corrected chi connectivity index (χ0v) is 13.7. The van der Waals surface area contributed by atoms with E-state index in [1.807, 2.05) is 0 Å². The fourth-order valence-electron chi connectivity index (χ4n) is 1.49. The van der Waals surface area contributed by atoms with Gasteiger partial charge in [0.05, 0.1) is 4.90 Å². The Balaban J connectivity index is 2.15. The molecule has 1 aromatic carbocycles. The van der Waals surface area contributed by atoms with Crippen molar-refractivity contribution in [3.63, 3.8) is 0 Å². The van der Waals surface area contributed by atoms with Crippen LogP contribution in [0.15, 0.2) is 40.7 Å². The first kappa shape index (κ1) is 16.7. The summed E-state index contributed by atoms with van der Waals surface area (Å²) in [5.74, 6) is 0. The first-order valence-corrected chi connectivity index (χ1v) is 9.80. The van der Waals surface area contributed by atoms with Crippen molar-refractivity contribution in [3.05, 3.63) is 35.8 Å². The van der Waals surface area contributed by atoms with E-state index >= 15 is 0 Å². The van der Waals surface area contributed by atoms with Crippen LogP contribution >= 0.6 is 11.3 Å². The maximum Gasteiger partial charge on any atom is 0.285 e. The summed E-state index contributed by atoms with van der Waals surface area (Å²) >= 11 is 1.15. The molecular formula is C11H13N3O5S3. The number of anilines is 2. The zero-order valence-electron chi connectivity index (χ0n) is 11.3. The van der Waals surface area contributed by atoms with Crippen LogP contribution in [0.4, 0.5) is 10.8 Å². The van der Waals surface area contributed by atoms with E-state index in [0.717, 1.165) is 11.3 Å². The fraction of sp³-hybridized carbons (Fsp3) is 0.182. The largest absolute Gasteiger partial charge is 0.367 e. The van der Waals surface area contributed by atoms with Gasteiger partial charge >= 0.3 is 0 Å². The Morgan fingerprint density at radius 1 is 1.18 bits per heavy atom. The molecule has 0 saturated heterocycles. The van der Waals surface area contributed by atoms with Gasteiger partial charge < -0.3 is 5.32 Å². The van der Waals surface area contributed by atoms with Gasteiger partial charge in [0.25, 0.3) is 20.1 Å². The molecule has 0 bridgehead atoms. The number of hydrogen-bond donors (Lipinski definition) is 3. The first-order chi connectivity index (χ1) is 10.2. The Morgan fingerprint density at radius 3 is 2.32 bits per heavy atom. The van der Waals surface area contributed by atoms with Crippen LogP contribution in [0.2, 0.25) is 0 Å². The van der Waals surface area contributed by atoms with Crippen LogP contribution in [0.3, 0.4) is 0 Å². The molecule has 1 unspecified atom stereocenters. The van der Waals surface area contributed by atoms with Crippen LogP contribution in [0, 0.1) is 0 Å². The van der Waals surface area contributed by atoms with Crippen LogP contribution in [-0.4, -0.2) is 31.7 Å². The lowest BCUT2D eigenvalue weighted by atomic mass is 10.3. The highest BCUT2D eigenvalue weighted by molar-refractivity contribution is 7.93. The van der Waals surface area contributed by atoms with Crippen LogP contribution in [-0.2, 0) is 20.1 Å². The molecule has 1 aromatic heterocycles. The minimum absolute atomic E-state index is 0.00718. The van der Waals surface area contributed by atoms with Gasteiger partial charge in [-0.3, -0.25) is 9.27 Å². The Hall–Kier alpha value is -1.69. The summed E-state index contributed by atoms with van der Waals surface area (Å²) in [6, 6.07) is 5.43. The summed E-state index contributed by atoms with van der Waals surface area (Å²) < 4.78 is 57.2.